The van der Waals surface area contributed by atoms with Crippen molar-refractivity contribution in [1.29, 1.82) is 0 Å². The van der Waals surface area contributed by atoms with Crippen LogP contribution in [-0.4, -0.2) is 62.8 Å². The summed E-state index contributed by atoms with van der Waals surface area (Å²) in [5.74, 6) is 0.759. The molecule has 1 saturated heterocycles. The van der Waals surface area contributed by atoms with Crippen molar-refractivity contribution >= 4 is 0 Å². The summed E-state index contributed by atoms with van der Waals surface area (Å²) in [6.45, 7) is 6.26. The highest BCUT2D eigenvalue weighted by Crippen LogP contribution is 2.70. The maximum Gasteiger partial charge on any atom is 0.335 e. The van der Waals surface area contributed by atoms with Gasteiger partial charge in [0.2, 0.25) is 0 Å². The van der Waals surface area contributed by atoms with Crippen LogP contribution < -0.4 is 5.63 Å². The van der Waals surface area contributed by atoms with Crippen LogP contribution in [0.3, 0.4) is 0 Å². The van der Waals surface area contributed by atoms with E-state index in [1.807, 2.05) is 6.07 Å². The Hall–Kier alpha value is -1.55. The quantitative estimate of drug-likeness (QED) is 0.439. The Bertz CT molecular complexity index is 1130. The lowest BCUT2D eigenvalue weighted by molar-refractivity contribution is -0.301. The number of rotatable bonds is 3. The lowest BCUT2D eigenvalue weighted by Crippen LogP contribution is -2.60. The first-order chi connectivity index (χ1) is 18.0. The number of aliphatic hydroxyl groups is 4. The van der Waals surface area contributed by atoms with Gasteiger partial charge in [0.25, 0.3) is 0 Å². The van der Waals surface area contributed by atoms with Crippen LogP contribution in [-0.2, 0) is 9.47 Å². The molecule has 210 valence electrons. The average Bonchev–Trinajstić information content (AvgIpc) is 3.18. The van der Waals surface area contributed by atoms with Gasteiger partial charge in [0.15, 0.2) is 6.29 Å². The molecule has 4 fully saturated rings. The molecule has 0 unspecified atom stereocenters. The molecule has 38 heavy (non-hydrogen) atoms. The van der Waals surface area contributed by atoms with Crippen LogP contribution in [0.4, 0.5) is 0 Å². The Morgan fingerprint density at radius 1 is 0.947 bits per heavy atom. The molecule has 0 aromatic carbocycles. The second-order valence-corrected chi connectivity index (χ2v) is 13.1. The highest BCUT2D eigenvalue weighted by Gasteiger charge is 2.66. The summed E-state index contributed by atoms with van der Waals surface area (Å²) in [5.41, 5.74) is 0.991. The van der Waals surface area contributed by atoms with Crippen molar-refractivity contribution in [2.45, 2.75) is 120 Å². The second-order valence-electron chi connectivity index (χ2n) is 13.1. The van der Waals surface area contributed by atoms with Crippen molar-refractivity contribution < 1.29 is 34.3 Å². The van der Waals surface area contributed by atoms with Gasteiger partial charge in [-0.05, 0) is 93.1 Å². The summed E-state index contributed by atoms with van der Waals surface area (Å²) in [7, 11) is 0. The molecule has 12 atom stereocenters. The summed E-state index contributed by atoms with van der Waals surface area (Å²) in [6.07, 6.45) is 5.32. The minimum absolute atomic E-state index is 0.0213. The van der Waals surface area contributed by atoms with Crippen molar-refractivity contribution in [3.63, 3.8) is 0 Å². The van der Waals surface area contributed by atoms with E-state index in [4.69, 9.17) is 13.9 Å². The molecule has 3 saturated carbocycles. The Morgan fingerprint density at radius 2 is 1.74 bits per heavy atom. The molecule has 0 bridgehead atoms. The van der Waals surface area contributed by atoms with E-state index in [1.54, 1.807) is 13.2 Å². The molecular formula is C30H42O8. The molecule has 5 aliphatic rings. The molecule has 1 aromatic rings. The van der Waals surface area contributed by atoms with Crippen LogP contribution in [0, 0.1) is 22.7 Å². The normalized spacial score (nSPS) is 50.5. The largest absolute Gasteiger partial charge is 0.431 e. The topological polar surface area (TPSA) is 130 Å². The van der Waals surface area contributed by atoms with E-state index in [-0.39, 0.29) is 34.4 Å². The van der Waals surface area contributed by atoms with Crippen LogP contribution >= 0.6 is 0 Å². The van der Waals surface area contributed by atoms with Gasteiger partial charge in [-0.2, -0.15) is 0 Å². The van der Waals surface area contributed by atoms with Crippen molar-refractivity contribution in [3.8, 4) is 0 Å². The number of hydrogen-bond acceptors (Lipinski definition) is 8. The third kappa shape index (κ3) is 3.82. The van der Waals surface area contributed by atoms with Crippen molar-refractivity contribution in [3.05, 3.63) is 46.0 Å². The van der Waals surface area contributed by atoms with Gasteiger partial charge in [-0.1, -0.05) is 25.5 Å². The Labute approximate surface area is 223 Å². The van der Waals surface area contributed by atoms with Crippen LogP contribution in [0.5, 0.6) is 0 Å². The van der Waals surface area contributed by atoms with E-state index >= 15 is 0 Å². The lowest BCUT2D eigenvalue weighted by Gasteiger charge is -2.62. The van der Waals surface area contributed by atoms with Crippen molar-refractivity contribution in [2.24, 2.45) is 22.7 Å². The fourth-order valence-electron chi connectivity index (χ4n) is 9.17. The molecule has 0 spiro atoms. The summed E-state index contributed by atoms with van der Waals surface area (Å²) in [6, 6.07) is 3.36. The first kappa shape index (κ1) is 26.7. The molecule has 4 aliphatic carbocycles. The minimum Gasteiger partial charge on any atom is -0.431 e. The monoisotopic (exact) mass is 530 g/mol. The summed E-state index contributed by atoms with van der Waals surface area (Å²) < 4.78 is 17.0. The molecule has 6 rings (SSSR count). The van der Waals surface area contributed by atoms with Gasteiger partial charge in [0.05, 0.1) is 24.1 Å². The molecule has 1 aliphatic heterocycles. The fourth-order valence-corrected chi connectivity index (χ4v) is 9.17. The highest BCUT2D eigenvalue weighted by atomic mass is 16.7. The first-order valence-electron chi connectivity index (χ1n) is 14.4. The van der Waals surface area contributed by atoms with E-state index in [9.17, 15) is 25.2 Å². The minimum atomic E-state index is -1.31. The summed E-state index contributed by atoms with van der Waals surface area (Å²) in [4.78, 5) is 11.5. The van der Waals surface area contributed by atoms with E-state index in [0.29, 0.717) is 5.92 Å². The van der Waals surface area contributed by atoms with Crippen LogP contribution in [0.2, 0.25) is 0 Å². The number of allylic oxidation sites excluding steroid dienone is 1. The van der Waals surface area contributed by atoms with Gasteiger partial charge in [0.1, 0.15) is 18.3 Å². The summed E-state index contributed by atoms with van der Waals surface area (Å²) in [5, 5.41) is 43.0. The van der Waals surface area contributed by atoms with Gasteiger partial charge >= 0.3 is 5.63 Å². The van der Waals surface area contributed by atoms with E-state index in [0.717, 1.165) is 56.9 Å². The third-order valence-electron chi connectivity index (χ3n) is 11.5. The van der Waals surface area contributed by atoms with Gasteiger partial charge < -0.3 is 34.3 Å². The molecule has 2 heterocycles. The van der Waals surface area contributed by atoms with Gasteiger partial charge in [0, 0.05) is 11.5 Å². The number of aliphatic hydroxyl groups excluding tert-OH is 3. The Balaban J connectivity index is 1.21. The predicted octanol–water partition coefficient (Wildman–Crippen LogP) is 3.01. The van der Waals surface area contributed by atoms with Crippen molar-refractivity contribution in [1.82, 2.24) is 0 Å². The van der Waals surface area contributed by atoms with Gasteiger partial charge in [-0.3, -0.25) is 0 Å². The molecule has 0 radical (unpaired) electrons. The number of hydrogen-bond donors (Lipinski definition) is 4. The molecule has 8 nitrogen and oxygen atoms in total. The number of ether oxygens (including phenoxy) is 2. The van der Waals surface area contributed by atoms with Crippen LogP contribution in [0.15, 0.2) is 39.3 Å². The lowest BCUT2D eigenvalue weighted by atomic mass is 9.45. The SMILES string of the molecule is C[C@@H]1O[C@@H](O[C@@H]2C=C3CC[C@H]4[C@@H](CC[C@]5(C)[C@H](c6ccc(=O)oc6)CC[C@]45O)[C@@]3(C)CC2)[C@H](O)[C@H](O)[C@H]1O. The molecule has 1 aromatic heterocycles. The standard InChI is InChI=1S/C30H42O8/c1-16-24(32)25(33)26(34)27(37-16)38-19-8-11-28(2)18(14-19)5-6-22-21(28)9-12-29(3)20(10-13-30(22,29)35)17-4-7-23(31)36-15-17/h4,7,14-16,19-22,24-27,32-35H,5-6,8-13H2,1-3H3/t16-,19-,20-,21+,22-,24-,25+,26+,27-,28-,29+,30-/m0/s1. The zero-order chi connectivity index (χ0) is 27.0. The zero-order valence-corrected chi connectivity index (χ0v) is 22.6. The summed E-state index contributed by atoms with van der Waals surface area (Å²) >= 11 is 0. The third-order valence-corrected chi connectivity index (χ3v) is 11.5. The Kier molecular flexibility index (Phi) is 6.49. The average molecular weight is 531 g/mol. The molecular weight excluding hydrogens is 488 g/mol. The van der Waals surface area contributed by atoms with Crippen molar-refractivity contribution in [2.75, 3.05) is 0 Å². The molecule has 8 heteroatoms. The predicted molar refractivity (Wildman–Crippen MR) is 138 cm³/mol. The second kappa shape index (κ2) is 9.25. The van der Waals surface area contributed by atoms with Crippen LogP contribution in [0.25, 0.3) is 0 Å². The maximum atomic E-state index is 12.4. The smallest absolute Gasteiger partial charge is 0.335 e. The number of fused-ring (bicyclic) bond motifs is 5. The van der Waals surface area contributed by atoms with E-state index in [2.05, 4.69) is 19.9 Å². The highest BCUT2D eigenvalue weighted by molar-refractivity contribution is 5.31. The Morgan fingerprint density at radius 3 is 2.47 bits per heavy atom. The molecule has 4 N–H and O–H groups in total. The van der Waals surface area contributed by atoms with Gasteiger partial charge in [-0.25, -0.2) is 4.79 Å². The first-order valence-corrected chi connectivity index (χ1v) is 14.4. The van der Waals surface area contributed by atoms with Gasteiger partial charge in [-0.15, -0.1) is 0 Å². The maximum absolute atomic E-state index is 12.4. The molecule has 0 amide bonds. The van der Waals surface area contributed by atoms with E-state index < -0.39 is 36.3 Å². The zero-order valence-electron chi connectivity index (χ0n) is 22.6. The van der Waals surface area contributed by atoms with Crippen LogP contribution in [0.1, 0.15) is 83.6 Å². The van der Waals surface area contributed by atoms with E-state index in [1.165, 1.54) is 11.6 Å². The fraction of sp³-hybridized carbons (Fsp3) is 0.767.